The number of carbonyl (C=O) groups excluding carboxylic acids is 1. The first-order valence-electron chi connectivity index (χ1n) is 4.57. The molecule has 0 N–H and O–H groups in total. The Hall–Kier alpha value is -0.320. The van der Waals surface area contributed by atoms with Crippen LogP contribution in [0.25, 0.3) is 0 Å². The second kappa shape index (κ2) is 9.24. The number of alkyl halides is 1. The van der Waals surface area contributed by atoms with Crippen molar-refractivity contribution in [3.63, 3.8) is 0 Å². The zero-order chi connectivity index (χ0) is 10.8. The van der Waals surface area contributed by atoms with Crippen LogP contribution in [-0.2, 0) is 14.3 Å². The van der Waals surface area contributed by atoms with Gasteiger partial charge in [0, 0.05) is 39.6 Å². The molecule has 0 aliphatic rings. The summed E-state index contributed by atoms with van der Waals surface area (Å²) >= 11 is 5.50. The van der Waals surface area contributed by atoms with E-state index in [9.17, 15) is 4.79 Å². The molecule has 0 rings (SSSR count). The number of nitrogens with zero attached hydrogens (tertiary/aromatic N) is 1. The predicted octanol–water partition coefficient (Wildman–Crippen LogP) is 0.737. The topological polar surface area (TPSA) is 38.8 Å². The van der Waals surface area contributed by atoms with Gasteiger partial charge in [-0.25, -0.2) is 0 Å². The number of ether oxygens (including phenoxy) is 2. The number of hydrogen-bond acceptors (Lipinski definition) is 3. The van der Waals surface area contributed by atoms with Gasteiger partial charge in [-0.05, 0) is 0 Å². The molecule has 0 aromatic heterocycles. The van der Waals surface area contributed by atoms with Crippen LogP contribution in [0.15, 0.2) is 0 Å². The number of methoxy groups -OCH3 is 2. The minimum atomic E-state index is 0.0501. The molecule has 0 aliphatic heterocycles. The van der Waals surface area contributed by atoms with Crippen molar-refractivity contribution < 1.29 is 14.3 Å². The van der Waals surface area contributed by atoms with Crippen molar-refractivity contribution in [1.82, 2.24) is 4.90 Å². The fourth-order valence-electron chi connectivity index (χ4n) is 1.00. The normalized spacial score (nSPS) is 10.2. The van der Waals surface area contributed by atoms with E-state index in [1.807, 2.05) is 0 Å². The third kappa shape index (κ3) is 6.18. The zero-order valence-electron chi connectivity index (χ0n) is 8.79. The van der Waals surface area contributed by atoms with Crippen LogP contribution in [0.5, 0.6) is 0 Å². The Kier molecular flexibility index (Phi) is 9.03. The minimum Gasteiger partial charge on any atom is -0.383 e. The molecule has 1 amide bonds. The average Bonchev–Trinajstić information content (AvgIpc) is 2.18. The van der Waals surface area contributed by atoms with Crippen molar-refractivity contribution in [2.24, 2.45) is 0 Å². The van der Waals surface area contributed by atoms with Gasteiger partial charge < -0.3 is 14.4 Å². The highest BCUT2D eigenvalue weighted by Crippen LogP contribution is 1.96. The van der Waals surface area contributed by atoms with Gasteiger partial charge in [-0.15, -0.1) is 11.6 Å². The van der Waals surface area contributed by atoms with Crippen LogP contribution in [0.3, 0.4) is 0 Å². The fraction of sp³-hybridized carbons (Fsp3) is 0.889. The molecule has 5 heteroatoms. The summed E-state index contributed by atoms with van der Waals surface area (Å²) in [6.45, 7) is 2.26. The number of halogens is 1. The largest absolute Gasteiger partial charge is 0.383 e. The molecule has 0 heterocycles. The number of rotatable bonds is 8. The molecule has 4 nitrogen and oxygen atoms in total. The van der Waals surface area contributed by atoms with Crippen molar-refractivity contribution in [2.75, 3.05) is 46.4 Å². The van der Waals surface area contributed by atoms with Crippen LogP contribution >= 0.6 is 11.6 Å². The van der Waals surface area contributed by atoms with E-state index < -0.39 is 0 Å². The summed E-state index contributed by atoms with van der Waals surface area (Å²) < 4.78 is 9.83. The van der Waals surface area contributed by atoms with Crippen molar-refractivity contribution in [3.8, 4) is 0 Å². The van der Waals surface area contributed by atoms with Crippen molar-refractivity contribution in [2.45, 2.75) is 6.42 Å². The van der Waals surface area contributed by atoms with Crippen LogP contribution in [0, 0.1) is 0 Å². The Balaban J connectivity index is 3.88. The molecular weight excluding hydrogens is 206 g/mol. The van der Waals surface area contributed by atoms with Crippen LogP contribution in [0.4, 0.5) is 0 Å². The highest BCUT2D eigenvalue weighted by Gasteiger charge is 2.11. The summed E-state index contributed by atoms with van der Waals surface area (Å²) in [6.07, 6.45) is 0.370. The van der Waals surface area contributed by atoms with Gasteiger partial charge in [-0.3, -0.25) is 4.79 Å². The second-order valence-corrected chi connectivity index (χ2v) is 3.18. The van der Waals surface area contributed by atoms with E-state index in [-0.39, 0.29) is 5.91 Å². The van der Waals surface area contributed by atoms with Crippen LogP contribution in [0.1, 0.15) is 6.42 Å². The summed E-state index contributed by atoms with van der Waals surface area (Å²) in [4.78, 5) is 13.2. The Morgan fingerprint density at radius 3 is 2.07 bits per heavy atom. The first-order valence-corrected chi connectivity index (χ1v) is 5.11. The summed E-state index contributed by atoms with van der Waals surface area (Å²) in [5.74, 6) is 0.407. The van der Waals surface area contributed by atoms with Gasteiger partial charge in [0.15, 0.2) is 0 Å². The maximum absolute atomic E-state index is 11.5. The Morgan fingerprint density at radius 1 is 1.21 bits per heavy atom. The molecule has 0 saturated heterocycles. The van der Waals surface area contributed by atoms with E-state index in [1.54, 1.807) is 19.1 Å². The second-order valence-electron chi connectivity index (χ2n) is 2.81. The van der Waals surface area contributed by atoms with Gasteiger partial charge in [-0.2, -0.15) is 0 Å². The maximum atomic E-state index is 11.5. The molecule has 0 aliphatic carbocycles. The smallest absolute Gasteiger partial charge is 0.223 e. The standard InChI is InChI=1S/C9H18ClNO3/c1-13-7-5-11(6-8-14-2)9(12)3-4-10/h3-8H2,1-2H3. The Labute approximate surface area is 90.1 Å². The molecule has 0 radical (unpaired) electrons. The molecular formula is C9H18ClNO3. The number of amides is 1. The van der Waals surface area contributed by atoms with E-state index in [4.69, 9.17) is 21.1 Å². The molecule has 0 fully saturated rings. The molecule has 0 spiro atoms. The summed E-state index contributed by atoms with van der Waals surface area (Å²) in [5, 5.41) is 0. The van der Waals surface area contributed by atoms with Crippen LogP contribution in [-0.4, -0.2) is 57.2 Å². The lowest BCUT2D eigenvalue weighted by atomic mass is 10.3. The zero-order valence-corrected chi connectivity index (χ0v) is 9.55. The Morgan fingerprint density at radius 2 is 1.71 bits per heavy atom. The van der Waals surface area contributed by atoms with Crippen LogP contribution < -0.4 is 0 Å². The highest BCUT2D eigenvalue weighted by atomic mass is 35.5. The predicted molar refractivity (Wildman–Crippen MR) is 55.7 cm³/mol. The van der Waals surface area contributed by atoms with Gasteiger partial charge in [0.05, 0.1) is 13.2 Å². The molecule has 0 aromatic rings. The maximum Gasteiger partial charge on any atom is 0.223 e. The van der Waals surface area contributed by atoms with Gasteiger partial charge in [0.25, 0.3) is 0 Å². The Bertz CT molecular complexity index is 147. The van der Waals surface area contributed by atoms with Gasteiger partial charge in [0.2, 0.25) is 5.91 Å². The van der Waals surface area contributed by atoms with Gasteiger partial charge in [-0.1, -0.05) is 0 Å². The lowest BCUT2D eigenvalue weighted by Gasteiger charge is -2.21. The van der Waals surface area contributed by atoms with E-state index >= 15 is 0 Å². The first-order chi connectivity index (χ1) is 6.76. The van der Waals surface area contributed by atoms with Crippen molar-refractivity contribution in [1.29, 1.82) is 0 Å². The third-order valence-corrected chi connectivity index (χ3v) is 1.98. The fourth-order valence-corrected chi connectivity index (χ4v) is 1.16. The molecule has 0 bridgehead atoms. The third-order valence-electron chi connectivity index (χ3n) is 1.79. The van der Waals surface area contributed by atoms with Gasteiger partial charge >= 0.3 is 0 Å². The monoisotopic (exact) mass is 223 g/mol. The molecule has 0 saturated carbocycles. The van der Waals surface area contributed by atoms with E-state index in [0.717, 1.165) is 0 Å². The minimum absolute atomic E-state index is 0.0501. The van der Waals surface area contributed by atoms with Crippen molar-refractivity contribution >= 4 is 17.5 Å². The molecule has 14 heavy (non-hydrogen) atoms. The first kappa shape index (κ1) is 13.7. The van der Waals surface area contributed by atoms with E-state index in [2.05, 4.69) is 0 Å². The molecule has 0 aromatic carbocycles. The highest BCUT2D eigenvalue weighted by molar-refractivity contribution is 6.18. The number of carbonyl (C=O) groups is 1. The summed E-state index contributed by atoms with van der Waals surface area (Å²) in [6, 6.07) is 0. The number of hydrogen-bond donors (Lipinski definition) is 0. The summed E-state index contributed by atoms with van der Waals surface area (Å²) in [7, 11) is 3.22. The molecule has 84 valence electrons. The quantitative estimate of drug-likeness (QED) is 0.570. The lowest BCUT2D eigenvalue weighted by molar-refractivity contribution is -0.132. The molecule has 0 unspecified atom stereocenters. The van der Waals surface area contributed by atoms with E-state index in [1.165, 1.54) is 0 Å². The van der Waals surface area contributed by atoms with Crippen LogP contribution in [0.2, 0.25) is 0 Å². The molecule has 0 atom stereocenters. The SMILES string of the molecule is COCCN(CCOC)C(=O)CCCl. The summed E-state index contributed by atoms with van der Waals surface area (Å²) in [5.41, 5.74) is 0. The van der Waals surface area contributed by atoms with E-state index in [0.29, 0.717) is 38.6 Å². The van der Waals surface area contributed by atoms with Gasteiger partial charge in [0.1, 0.15) is 0 Å². The van der Waals surface area contributed by atoms with Crippen molar-refractivity contribution in [3.05, 3.63) is 0 Å². The lowest BCUT2D eigenvalue weighted by Crippen LogP contribution is -2.36. The average molecular weight is 224 g/mol.